The van der Waals surface area contributed by atoms with Crippen molar-refractivity contribution in [3.63, 3.8) is 0 Å². The number of carboxylic acid groups (broad SMARTS) is 1. The molecule has 0 aromatic carbocycles. The second-order valence-electron chi connectivity index (χ2n) is 4.30. The van der Waals surface area contributed by atoms with E-state index in [2.05, 4.69) is 5.32 Å². The summed E-state index contributed by atoms with van der Waals surface area (Å²) in [5, 5.41) is 20.0. The van der Waals surface area contributed by atoms with Crippen LogP contribution in [-0.2, 0) is 9.59 Å². The molecule has 0 rings (SSSR count). The van der Waals surface area contributed by atoms with Gasteiger partial charge in [0, 0.05) is 19.1 Å². The molecule has 1 atom stereocenters. The number of rotatable bonds is 6. The van der Waals surface area contributed by atoms with E-state index in [1.165, 1.54) is 0 Å². The van der Waals surface area contributed by atoms with Crippen molar-refractivity contribution in [2.75, 3.05) is 13.2 Å². The number of carbonyl (C=O) groups is 2. The molecule has 0 fully saturated rings. The quantitative estimate of drug-likeness (QED) is 0.594. The first-order valence-electron chi connectivity index (χ1n) is 4.91. The molecule has 88 valence electrons. The summed E-state index contributed by atoms with van der Waals surface area (Å²) in [5.74, 6) is -1.52. The first-order chi connectivity index (χ1) is 6.81. The van der Waals surface area contributed by atoms with E-state index in [0.717, 1.165) is 0 Å². The Labute approximate surface area is 89.5 Å². The van der Waals surface area contributed by atoms with E-state index in [1.54, 1.807) is 20.8 Å². The molecule has 0 aromatic heterocycles. The van der Waals surface area contributed by atoms with E-state index in [0.29, 0.717) is 0 Å². The van der Waals surface area contributed by atoms with E-state index in [4.69, 9.17) is 10.2 Å². The lowest BCUT2D eigenvalue weighted by molar-refractivity contribution is -0.137. The molecule has 15 heavy (non-hydrogen) atoms. The Bertz CT molecular complexity index is 238. The number of hydrogen-bond donors (Lipinski definition) is 3. The minimum atomic E-state index is -0.940. The van der Waals surface area contributed by atoms with Crippen molar-refractivity contribution in [3.8, 4) is 0 Å². The summed E-state index contributed by atoms with van der Waals surface area (Å²) in [7, 11) is 0. The lowest BCUT2D eigenvalue weighted by Crippen LogP contribution is -2.40. The smallest absolute Gasteiger partial charge is 0.305 e. The third-order valence-electron chi connectivity index (χ3n) is 2.61. The maximum absolute atomic E-state index is 11.5. The van der Waals surface area contributed by atoms with Crippen LogP contribution < -0.4 is 5.32 Å². The summed E-state index contributed by atoms with van der Waals surface area (Å²) in [6.07, 6.45) is -0.0853. The van der Waals surface area contributed by atoms with Crippen LogP contribution >= 0.6 is 0 Å². The van der Waals surface area contributed by atoms with Gasteiger partial charge in [0.15, 0.2) is 0 Å². The van der Waals surface area contributed by atoms with Crippen LogP contribution in [0.2, 0.25) is 0 Å². The van der Waals surface area contributed by atoms with Crippen LogP contribution in [0.5, 0.6) is 0 Å². The Kier molecular flexibility index (Phi) is 5.28. The van der Waals surface area contributed by atoms with Crippen LogP contribution in [-0.4, -0.2) is 35.2 Å². The third kappa shape index (κ3) is 4.78. The summed E-state index contributed by atoms with van der Waals surface area (Å²) >= 11 is 0. The fraction of sp³-hybridized carbons (Fsp3) is 0.800. The molecule has 0 aliphatic heterocycles. The highest BCUT2D eigenvalue weighted by molar-refractivity contribution is 5.79. The second-order valence-corrected chi connectivity index (χ2v) is 4.30. The molecule has 5 nitrogen and oxygen atoms in total. The van der Waals surface area contributed by atoms with Gasteiger partial charge in [-0.05, 0) is 5.41 Å². The molecule has 0 saturated carbocycles. The normalized spacial score (nSPS) is 13.3. The molecule has 0 bridgehead atoms. The molecule has 0 heterocycles. The van der Waals surface area contributed by atoms with Crippen LogP contribution in [0.25, 0.3) is 0 Å². The van der Waals surface area contributed by atoms with Crippen LogP contribution in [0.4, 0.5) is 0 Å². The highest BCUT2D eigenvalue weighted by atomic mass is 16.4. The lowest BCUT2D eigenvalue weighted by atomic mass is 9.80. The SMILES string of the molecule is C[C@@H](C(=O)NCCC(=O)O)C(C)(C)CO. The zero-order valence-corrected chi connectivity index (χ0v) is 9.41. The average molecular weight is 217 g/mol. The molecule has 0 unspecified atom stereocenters. The Morgan fingerprint density at radius 3 is 2.33 bits per heavy atom. The number of hydrogen-bond acceptors (Lipinski definition) is 3. The van der Waals surface area contributed by atoms with Crippen molar-refractivity contribution in [1.29, 1.82) is 0 Å². The molecule has 0 aliphatic rings. The summed E-state index contributed by atoms with van der Waals surface area (Å²) in [4.78, 5) is 21.7. The van der Waals surface area contributed by atoms with Gasteiger partial charge >= 0.3 is 5.97 Å². The molecule has 0 saturated heterocycles. The topological polar surface area (TPSA) is 86.6 Å². The number of carbonyl (C=O) groups excluding carboxylic acids is 1. The fourth-order valence-corrected chi connectivity index (χ4v) is 0.938. The lowest BCUT2D eigenvalue weighted by Gasteiger charge is -2.28. The number of aliphatic hydroxyl groups excluding tert-OH is 1. The average Bonchev–Trinajstić information content (AvgIpc) is 2.15. The van der Waals surface area contributed by atoms with Crippen LogP contribution in [0.15, 0.2) is 0 Å². The molecular formula is C10H19NO4. The van der Waals surface area contributed by atoms with E-state index in [-0.39, 0.29) is 31.4 Å². The number of carboxylic acids is 1. The first-order valence-corrected chi connectivity index (χ1v) is 4.91. The maximum atomic E-state index is 11.5. The monoisotopic (exact) mass is 217 g/mol. The van der Waals surface area contributed by atoms with E-state index in [9.17, 15) is 9.59 Å². The second kappa shape index (κ2) is 5.70. The van der Waals surface area contributed by atoms with E-state index in [1.807, 2.05) is 0 Å². The van der Waals surface area contributed by atoms with Gasteiger partial charge in [-0.15, -0.1) is 0 Å². The van der Waals surface area contributed by atoms with E-state index < -0.39 is 11.4 Å². The highest BCUT2D eigenvalue weighted by Crippen LogP contribution is 2.25. The number of aliphatic hydroxyl groups is 1. The number of aliphatic carboxylic acids is 1. The molecule has 1 amide bonds. The van der Waals surface area contributed by atoms with Crippen molar-refractivity contribution in [1.82, 2.24) is 5.32 Å². The standard InChI is InChI=1S/C10H19NO4/c1-7(10(2,3)6-12)9(15)11-5-4-8(13)14/h7,12H,4-6H2,1-3H3,(H,11,15)(H,13,14)/t7-/m0/s1. The number of nitrogens with one attached hydrogen (secondary N) is 1. The Morgan fingerprint density at radius 1 is 1.40 bits per heavy atom. The maximum Gasteiger partial charge on any atom is 0.305 e. The Balaban J connectivity index is 4.05. The van der Waals surface area contributed by atoms with Crippen molar-refractivity contribution in [2.24, 2.45) is 11.3 Å². The molecular weight excluding hydrogens is 198 g/mol. The van der Waals surface area contributed by atoms with Gasteiger partial charge in [0.05, 0.1) is 6.42 Å². The summed E-state index contributed by atoms with van der Waals surface area (Å²) in [6.45, 7) is 5.33. The first kappa shape index (κ1) is 13.9. The van der Waals surface area contributed by atoms with Crippen molar-refractivity contribution in [2.45, 2.75) is 27.2 Å². The minimum Gasteiger partial charge on any atom is -0.481 e. The summed E-state index contributed by atoms with van der Waals surface area (Å²) in [6, 6.07) is 0. The van der Waals surface area contributed by atoms with Gasteiger partial charge in [0.1, 0.15) is 0 Å². The van der Waals surface area contributed by atoms with Gasteiger partial charge < -0.3 is 15.5 Å². The Morgan fingerprint density at radius 2 is 1.93 bits per heavy atom. The van der Waals surface area contributed by atoms with Gasteiger partial charge in [-0.1, -0.05) is 20.8 Å². The zero-order valence-electron chi connectivity index (χ0n) is 9.41. The minimum absolute atomic E-state index is 0.0828. The van der Waals surface area contributed by atoms with E-state index >= 15 is 0 Å². The molecule has 0 radical (unpaired) electrons. The molecule has 0 spiro atoms. The van der Waals surface area contributed by atoms with Crippen LogP contribution in [0.1, 0.15) is 27.2 Å². The largest absolute Gasteiger partial charge is 0.481 e. The predicted molar refractivity (Wildman–Crippen MR) is 55.3 cm³/mol. The van der Waals surface area contributed by atoms with Crippen LogP contribution in [0, 0.1) is 11.3 Å². The van der Waals surface area contributed by atoms with Crippen molar-refractivity contribution >= 4 is 11.9 Å². The van der Waals surface area contributed by atoms with Gasteiger partial charge in [-0.2, -0.15) is 0 Å². The Hall–Kier alpha value is -1.10. The number of amides is 1. The summed E-state index contributed by atoms with van der Waals surface area (Å²) in [5.41, 5.74) is -0.493. The van der Waals surface area contributed by atoms with Gasteiger partial charge in [0.2, 0.25) is 5.91 Å². The molecule has 0 aromatic rings. The van der Waals surface area contributed by atoms with Gasteiger partial charge in [0.25, 0.3) is 0 Å². The molecule has 5 heteroatoms. The van der Waals surface area contributed by atoms with Crippen molar-refractivity contribution < 1.29 is 19.8 Å². The summed E-state index contributed by atoms with van der Waals surface area (Å²) < 4.78 is 0. The molecule has 0 aliphatic carbocycles. The fourth-order valence-electron chi connectivity index (χ4n) is 0.938. The van der Waals surface area contributed by atoms with Crippen LogP contribution in [0.3, 0.4) is 0 Å². The van der Waals surface area contributed by atoms with Crippen molar-refractivity contribution in [3.05, 3.63) is 0 Å². The predicted octanol–water partition coefficient (Wildman–Crippen LogP) is 0.232. The van der Waals surface area contributed by atoms with Gasteiger partial charge in [-0.25, -0.2) is 0 Å². The van der Waals surface area contributed by atoms with Gasteiger partial charge in [-0.3, -0.25) is 9.59 Å². The zero-order chi connectivity index (χ0) is 12.1. The third-order valence-corrected chi connectivity index (χ3v) is 2.61. The highest BCUT2D eigenvalue weighted by Gasteiger charge is 2.30. The molecule has 3 N–H and O–H groups in total.